The van der Waals surface area contributed by atoms with Gasteiger partial charge in [0.25, 0.3) is 0 Å². The highest BCUT2D eigenvalue weighted by Gasteiger charge is 2.44. The van der Waals surface area contributed by atoms with E-state index in [-0.39, 0.29) is 129 Å². The third-order valence-electron chi connectivity index (χ3n) is 21.7. The Hall–Kier alpha value is -8.11. The lowest BCUT2D eigenvalue weighted by Crippen LogP contribution is -2.28. The van der Waals surface area contributed by atoms with Gasteiger partial charge in [0.05, 0.1) is 65.1 Å². The molecular weight excluding hydrogens is 1710 g/mol. The van der Waals surface area contributed by atoms with Crippen LogP contribution >= 0.6 is 147 Å². The first-order valence-electron chi connectivity index (χ1n) is 38.6. The third-order valence-corrected chi connectivity index (χ3v) is 35.7. The largest absolute Gasteiger partial charge is 0.465 e. The van der Waals surface area contributed by atoms with Crippen LogP contribution in [0.5, 0.6) is 0 Å². The van der Waals surface area contributed by atoms with E-state index in [1.54, 1.807) is 147 Å². The van der Waals surface area contributed by atoms with Gasteiger partial charge >= 0.3 is 29.8 Å². The summed E-state index contributed by atoms with van der Waals surface area (Å²) in [6.07, 6.45) is 16.8. The number of hydrogen-bond acceptors (Lipinski definition) is 23. The molecule has 0 saturated heterocycles. The number of thiophene rings is 13. The standard InChI is InChI=1S/C39H34O4S6.C31H30O4S4.C24H24O2S3/c1-3-24-17-25(4-2)29(23-43-37(41)21-27-19-35(31-10-6-14-45-31)49-39(27)33-12-8-16-47-33)28(24)22-42-36(40)20-26-18-34(30-9-5-13-44-30)48-38(26)32-11-7-15-46-32;1-3-22-15-23(4-2)25(17-35-31(33)14-21-12-29(39-19-21)27-8-6-10-37-27)24(22)16-34-30(32)13-20-11-28(38-18-20)26-7-5-9-36-26;1-3-16-11-17(4-2)19(12-16)15-26-23(25)14-18-13-22(20-7-5-9-27-20)29-24(18)21-8-6-10-28-21/h3-16,18-19,24-25,28-29H,1-2,17,20-23H2;3-12,18-19,22-25H,1-2,13-17H2;3-10,13,16-17,19H,1-2,11-12,14-15H2. The predicted molar refractivity (Wildman–Crippen MR) is 499 cm³/mol. The maximum atomic E-state index is 13.4. The molecule has 3 aliphatic rings. The lowest BCUT2D eigenvalue weighted by molar-refractivity contribution is -0.149. The van der Waals surface area contributed by atoms with Gasteiger partial charge in [-0.25, -0.2) is 0 Å². The van der Waals surface area contributed by atoms with Gasteiger partial charge in [-0.2, -0.15) is 0 Å². The molecule has 13 aromatic heterocycles. The number of carbonyl (C=O) groups excluding carboxylic acids is 5. The fraction of sp³-hybridized carbons (Fsp3) is 0.266. The van der Waals surface area contributed by atoms with Crippen LogP contribution < -0.4 is 0 Å². The van der Waals surface area contributed by atoms with E-state index in [0.29, 0.717) is 30.8 Å². The summed E-state index contributed by atoms with van der Waals surface area (Å²) >= 11 is 22.0. The van der Waals surface area contributed by atoms with Crippen LogP contribution in [-0.2, 0) is 79.8 Å². The average molecular weight is 1790 g/mol. The van der Waals surface area contributed by atoms with Crippen molar-refractivity contribution < 1.29 is 47.7 Å². The number of rotatable bonds is 34. The van der Waals surface area contributed by atoms with Crippen LogP contribution in [-0.4, -0.2) is 62.9 Å². The summed E-state index contributed by atoms with van der Waals surface area (Å²) in [6, 6.07) is 43.7. The van der Waals surface area contributed by atoms with Gasteiger partial charge in [-0.1, -0.05) is 85.0 Å². The highest BCUT2D eigenvalue weighted by molar-refractivity contribution is 7.28. The number of ether oxygens (including phenoxy) is 5. The van der Waals surface area contributed by atoms with Crippen LogP contribution in [0.4, 0.5) is 0 Å². The van der Waals surface area contributed by atoms with Gasteiger partial charge in [-0.05, 0) is 228 Å². The SMILES string of the molecule is C=CC1CC(C=C)C(COC(=O)Cc2cc(-c3cccs3)sc2-c2cccs2)C1.C=CC1CC(C=C)C(COC(=O)Cc2cc(-c3cccs3)sc2-c2cccs2)C1COC(=O)Cc1cc(-c2cccs2)sc1-c1cccs1.C=CC1CC(C=C)C(COC(=O)Cc2csc(-c3cccs3)c2)C1COC(=O)Cc1csc(-c2cccs2)c1. The van der Waals surface area contributed by atoms with E-state index in [2.05, 4.69) is 174 Å². The number of carbonyl (C=O) groups is 5. The fourth-order valence-corrected chi connectivity index (χ4v) is 27.9. The van der Waals surface area contributed by atoms with E-state index in [9.17, 15) is 24.0 Å². The minimum absolute atomic E-state index is 0.0218. The molecule has 0 N–H and O–H groups in total. The Bertz CT molecular complexity index is 5130. The van der Waals surface area contributed by atoms with Gasteiger partial charge in [0.1, 0.15) is 0 Å². The van der Waals surface area contributed by atoms with Gasteiger partial charge in [0.15, 0.2) is 0 Å². The van der Waals surface area contributed by atoms with Crippen LogP contribution in [0, 0.1) is 65.1 Å². The summed E-state index contributed by atoms with van der Waals surface area (Å²) in [5.74, 6) is 0.696. The maximum Gasteiger partial charge on any atom is 0.310 e. The smallest absolute Gasteiger partial charge is 0.310 e. The summed E-state index contributed by atoms with van der Waals surface area (Å²) in [5.41, 5.74) is 4.95. The van der Waals surface area contributed by atoms with Gasteiger partial charge in [-0.15, -0.1) is 187 Å². The molecule has 16 rings (SSSR count). The first-order chi connectivity index (χ1) is 57.2. The molecule has 0 bridgehead atoms. The van der Waals surface area contributed by atoms with Crippen molar-refractivity contribution in [3.05, 3.63) is 285 Å². The monoisotopic (exact) mass is 1790 g/mol. The second-order valence-electron chi connectivity index (χ2n) is 29.0. The van der Waals surface area contributed by atoms with E-state index in [1.165, 1.54) is 39.0 Å². The predicted octanol–water partition coefficient (Wildman–Crippen LogP) is 27.5. The van der Waals surface area contributed by atoms with E-state index < -0.39 is 0 Å². The molecular formula is C94H88O10S13. The van der Waals surface area contributed by atoms with E-state index in [4.69, 9.17) is 23.7 Å². The maximum absolute atomic E-state index is 13.4. The lowest BCUT2D eigenvalue weighted by Gasteiger charge is -2.24. The zero-order valence-electron chi connectivity index (χ0n) is 64.2. The molecule has 0 spiro atoms. The molecule has 0 aliphatic heterocycles. The Morgan fingerprint density at radius 1 is 0.291 bits per heavy atom. The van der Waals surface area contributed by atoms with Crippen molar-refractivity contribution in [2.45, 2.75) is 57.8 Å². The Kier molecular flexibility index (Phi) is 30.4. The summed E-state index contributed by atoms with van der Waals surface area (Å²) < 4.78 is 29.3. The first kappa shape index (κ1) is 85.3. The Morgan fingerprint density at radius 2 is 0.564 bits per heavy atom. The van der Waals surface area contributed by atoms with Crippen molar-refractivity contribution in [2.24, 2.45) is 65.1 Å². The van der Waals surface area contributed by atoms with Crippen molar-refractivity contribution in [1.82, 2.24) is 0 Å². The Balaban J connectivity index is 0.000000149. The van der Waals surface area contributed by atoms with E-state index >= 15 is 0 Å². The van der Waals surface area contributed by atoms with Crippen molar-refractivity contribution in [3.8, 4) is 78.0 Å². The highest BCUT2D eigenvalue weighted by atomic mass is 32.1. The summed E-state index contributed by atoms with van der Waals surface area (Å²) in [5, 5.41) is 20.6. The van der Waals surface area contributed by atoms with Crippen molar-refractivity contribution in [1.29, 1.82) is 0 Å². The van der Waals surface area contributed by atoms with E-state index in [0.717, 1.165) is 92.5 Å². The summed E-state index contributed by atoms with van der Waals surface area (Å²) in [6.45, 7) is 25.6. The summed E-state index contributed by atoms with van der Waals surface area (Å²) in [4.78, 5) is 83.7. The van der Waals surface area contributed by atoms with Crippen molar-refractivity contribution in [2.75, 3.05) is 33.0 Å². The van der Waals surface area contributed by atoms with Gasteiger partial charge in [0, 0.05) is 102 Å². The number of allylic oxidation sites excluding steroid dienone is 6. The highest BCUT2D eigenvalue weighted by Crippen LogP contribution is 2.49. The zero-order chi connectivity index (χ0) is 81.2. The molecule has 13 heterocycles. The molecule has 602 valence electrons. The normalized spacial score (nSPS) is 19.9. The molecule has 3 fully saturated rings. The van der Waals surface area contributed by atoms with Crippen LogP contribution in [0.25, 0.3) is 78.0 Å². The first-order valence-corrected chi connectivity index (χ1v) is 49.8. The molecule has 0 amide bonds. The number of hydrogen-bond donors (Lipinski definition) is 0. The fourth-order valence-electron chi connectivity index (χ4n) is 15.7. The van der Waals surface area contributed by atoms with Gasteiger partial charge in [-0.3, -0.25) is 24.0 Å². The third kappa shape index (κ3) is 21.9. The second-order valence-corrected chi connectivity index (χ2v) is 41.6. The van der Waals surface area contributed by atoms with Crippen LogP contribution in [0.1, 0.15) is 53.5 Å². The average Bonchev–Trinajstić information content (AvgIpc) is 1.67. The molecule has 11 unspecified atom stereocenters. The van der Waals surface area contributed by atoms with Crippen molar-refractivity contribution >= 4 is 177 Å². The minimum Gasteiger partial charge on any atom is -0.465 e. The van der Waals surface area contributed by atoms with E-state index in [1.807, 2.05) is 83.6 Å². The number of esters is 5. The Labute approximate surface area is 736 Å². The topological polar surface area (TPSA) is 132 Å². The Morgan fingerprint density at radius 3 is 0.838 bits per heavy atom. The molecule has 3 saturated carbocycles. The van der Waals surface area contributed by atoms with Crippen LogP contribution in [0.2, 0.25) is 0 Å². The lowest BCUT2D eigenvalue weighted by atomic mass is 9.88. The van der Waals surface area contributed by atoms with Gasteiger partial charge < -0.3 is 23.7 Å². The second kappa shape index (κ2) is 41.7. The molecule has 23 heteroatoms. The molecule has 0 radical (unpaired) electrons. The molecule has 13 aromatic rings. The molecule has 10 nitrogen and oxygen atoms in total. The molecule has 0 aromatic carbocycles. The molecule has 11 atom stereocenters. The van der Waals surface area contributed by atoms with Crippen LogP contribution in [0.3, 0.4) is 0 Å². The minimum atomic E-state index is -0.256. The molecule has 117 heavy (non-hydrogen) atoms. The zero-order valence-corrected chi connectivity index (χ0v) is 74.9. The molecule has 3 aliphatic carbocycles. The van der Waals surface area contributed by atoms with Crippen molar-refractivity contribution in [3.63, 3.8) is 0 Å². The van der Waals surface area contributed by atoms with Gasteiger partial charge in [0.2, 0.25) is 0 Å². The van der Waals surface area contributed by atoms with Crippen LogP contribution in [0.15, 0.2) is 257 Å². The summed E-state index contributed by atoms with van der Waals surface area (Å²) in [7, 11) is 0. The quantitative estimate of drug-likeness (QED) is 0.0218.